The summed E-state index contributed by atoms with van der Waals surface area (Å²) in [6, 6.07) is 3.59. The normalized spacial score (nSPS) is 14.1. The Bertz CT molecular complexity index is 452. The van der Waals surface area contributed by atoms with Crippen molar-refractivity contribution in [1.82, 2.24) is 10.3 Å². The van der Waals surface area contributed by atoms with Crippen molar-refractivity contribution in [1.29, 1.82) is 0 Å². The van der Waals surface area contributed by atoms with Crippen molar-refractivity contribution < 1.29 is 17.7 Å². The highest BCUT2D eigenvalue weighted by molar-refractivity contribution is 9.10. The van der Waals surface area contributed by atoms with Crippen LogP contribution in [0.15, 0.2) is 22.8 Å². The second-order valence-electron chi connectivity index (χ2n) is 3.16. The summed E-state index contributed by atoms with van der Waals surface area (Å²) in [5.74, 6) is 0.542. The van der Waals surface area contributed by atoms with Crippen LogP contribution in [0.5, 0.6) is 5.88 Å². The summed E-state index contributed by atoms with van der Waals surface area (Å²) < 4.78 is 29.9. The predicted octanol–water partition coefficient (Wildman–Crippen LogP) is 0.963. The first-order valence-corrected chi connectivity index (χ1v) is 8.20. The van der Waals surface area contributed by atoms with E-state index in [1.807, 2.05) is 6.07 Å². The van der Waals surface area contributed by atoms with Crippen molar-refractivity contribution in [3.63, 3.8) is 0 Å². The number of hydrogen-bond acceptors (Lipinski definition) is 6. The molecule has 9 heteroatoms. The molecule has 0 bridgehead atoms. The minimum Gasteiger partial charge on any atom is -0.476 e. The van der Waals surface area contributed by atoms with Crippen LogP contribution in [-0.4, -0.2) is 40.0 Å². The molecule has 0 radical (unpaired) electrons. The van der Waals surface area contributed by atoms with Crippen molar-refractivity contribution in [3.05, 3.63) is 22.8 Å². The number of nitrogens with one attached hydrogen (secondary N) is 1. The molecule has 0 aliphatic carbocycles. The zero-order valence-electron chi connectivity index (χ0n) is 9.37. The molecule has 1 unspecified atom stereocenters. The minimum absolute atomic E-state index is 0.0787. The fraction of sp³-hybridized carbons (Fsp3) is 0.444. The number of pyridine rings is 1. The third kappa shape index (κ3) is 7.90. The summed E-state index contributed by atoms with van der Waals surface area (Å²) in [4.78, 5) is 4.04. The largest absolute Gasteiger partial charge is 0.476 e. The quantitative estimate of drug-likeness (QED) is 0.671. The van der Waals surface area contributed by atoms with Crippen molar-refractivity contribution in [2.24, 2.45) is 0 Å². The lowest BCUT2D eigenvalue weighted by Crippen LogP contribution is -2.25. The van der Waals surface area contributed by atoms with E-state index in [9.17, 15) is 4.21 Å². The van der Waals surface area contributed by atoms with E-state index in [0.29, 0.717) is 25.6 Å². The van der Waals surface area contributed by atoms with Gasteiger partial charge in [-0.1, -0.05) is 0 Å². The molecule has 1 rings (SSSR count). The van der Waals surface area contributed by atoms with Gasteiger partial charge in [-0.25, -0.2) is 4.98 Å². The van der Waals surface area contributed by atoms with Crippen LogP contribution in [0.4, 0.5) is 0 Å². The SMILES string of the molecule is O=S(O)(=S)OCCNCCOc1ccc(Br)cn1. The lowest BCUT2D eigenvalue weighted by atomic mass is 10.5. The third-order valence-electron chi connectivity index (χ3n) is 1.74. The first-order valence-electron chi connectivity index (χ1n) is 5.04. The van der Waals surface area contributed by atoms with Gasteiger partial charge in [0.25, 0.3) is 9.05 Å². The van der Waals surface area contributed by atoms with E-state index in [1.165, 1.54) is 0 Å². The van der Waals surface area contributed by atoms with Crippen molar-refractivity contribution in [2.45, 2.75) is 0 Å². The van der Waals surface area contributed by atoms with Gasteiger partial charge in [-0.15, -0.1) is 0 Å². The Kier molecular flexibility index (Phi) is 6.97. The van der Waals surface area contributed by atoms with Gasteiger partial charge in [-0.3, -0.25) is 8.74 Å². The number of nitrogens with zero attached hydrogens (tertiary/aromatic N) is 1. The van der Waals surface area contributed by atoms with Gasteiger partial charge in [0.2, 0.25) is 5.88 Å². The highest BCUT2D eigenvalue weighted by atomic mass is 79.9. The Labute approximate surface area is 119 Å². The number of halogens is 1. The maximum atomic E-state index is 10.6. The molecule has 0 aliphatic rings. The summed E-state index contributed by atoms with van der Waals surface area (Å²) in [6.07, 6.45) is 1.65. The van der Waals surface area contributed by atoms with Crippen LogP contribution >= 0.6 is 15.9 Å². The van der Waals surface area contributed by atoms with Gasteiger partial charge in [-0.05, 0) is 22.0 Å². The smallest absolute Gasteiger partial charge is 0.266 e. The second kappa shape index (κ2) is 7.97. The van der Waals surface area contributed by atoms with Gasteiger partial charge in [0.05, 0.1) is 6.61 Å². The highest BCUT2D eigenvalue weighted by Gasteiger charge is 1.98. The van der Waals surface area contributed by atoms with Crippen LogP contribution in [0.1, 0.15) is 0 Å². The molecule has 2 N–H and O–H groups in total. The molecule has 0 aromatic carbocycles. The van der Waals surface area contributed by atoms with E-state index in [0.717, 1.165) is 4.47 Å². The van der Waals surface area contributed by atoms with Crippen LogP contribution in [0.2, 0.25) is 0 Å². The Morgan fingerprint density at radius 3 is 2.78 bits per heavy atom. The molecule has 1 aromatic rings. The highest BCUT2D eigenvalue weighted by Crippen LogP contribution is 2.11. The maximum Gasteiger partial charge on any atom is 0.266 e. The Morgan fingerprint density at radius 2 is 2.17 bits per heavy atom. The zero-order chi connectivity index (χ0) is 13.4. The van der Waals surface area contributed by atoms with Gasteiger partial charge in [0.1, 0.15) is 6.61 Å². The van der Waals surface area contributed by atoms with E-state index in [4.69, 9.17) is 9.29 Å². The molecule has 102 valence electrons. The molecular weight excluding hydrogens is 344 g/mol. The van der Waals surface area contributed by atoms with Crippen LogP contribution < -0.4 is 10.1 Å². The van der Waals surface area contributed by atoms with Gasteiger partial charge in [-0.2, -0.15) is 4.21 Å². The summed E-state index contributed by atoms with van der Waals surface area (Å²) >= 11 is 7.43. The van der Waals surface area contributed by atoms with E-state index >= 15 is 0 Å². The number of hydrogen-bond donors (Lipinski definition) is 2. The molecule has 18 heavy (non-hydrogen) atoms. The van der Waals surface area contributed by atoms with Crippen LogP contribution in [0.3, 0.4) is 0 Å². The Hall–Kier alpha value is -0.320. The topological polar surface area (TPSA) is 80.7 Å². The predicted molar refractivity (Wildman–Crippen MR) is 74.4 cm³/mol. The first-order chi connectivity index (χ1) is 8.47. The van der Waals surface area contributed by atoms with Crippen LogP contribution in [0, 0.1) is 0 Å². The van der Waals surface area contributed by atoms with E-state index in [-0.39, 0.29) is 6.61 Å². The molecular formula is C9H13BrN2O4S2. The molecule has 0 spiro atoms. The molecule has 6 nitrogen and oxygen atoms in total. The molecule has 1 heterocycles. The second-order valence-corrected chi connectivity index (χ2v) is 6.43. The van der Waals surface area contributed by atoms with Gasteiger partial charge < -0.3 is 10.1 Å². The summed E-state index contributed by atoms with van der Waals surface area (Å²) in [5.41, 5.74) is 0. The standard InChI is InChI=1S/C9H13BrN2O4S2/c10-8-1-2-9(12-7-8)15-5-3-11-4-6-16-18(13,14)17/h1-2,7,11H,3-6H2,(H,13,14,17). The average Bonchev–Trinajstić information content (AvgIpc) is 2.29. The van der Waals surface area contributed by atoms with Crippen LogP contribution in [0.25, 0.3) is 0 Å². The Morgan fingerprint density at radius 1 is 1.44 bits per heavy atom. The molecule has 0 amide bonds. The van der Waals surface area contributed by atoms with Gasteiger partial charge in [0.15, 0.2) is 0 Å². The molecule has 1 aromatic heterocycles. The summed E-state index contributed by atoms with van der Waals surface area (Å²) in [5, 5.41) is 2.97. The van der Waals surface area contributed by atoms with Crippen molar-refractivity contribution in [3.8, 4) is 5.88 Å². The van der Waals surface area contributed by atoms with E-state index < -0.39 is 9.05 Å². The molecule has 1 atom stereocenters. The fourth-order valence-corrected chi connectivity index (χ4v) is 1.75. The zero-order valence-corrected chi connectivity index (χ0v) is 12.6. The summed E-state index contributed by atoms with van der Waals surface area (Å²) in [7, 11) is -3.52. The average molecular weight is 357 g/mol. The molecule has 0 saturated heterocycles. The third-order valence-corrected chi connectivity index (χ3v) is 2.96. The van der Waals surface area contributed by atoms with E-state index in [1.54, 1.807) is 12.3 Å². The lowest BCUT2D eigenvalue weighted by molar-refractivity contribution is 0.280. The number of ether oxygens (including phenoxy) is 1. The first kappa shape index (κ1) is 15.7. The van der Waals surface area contributed by atoms with Crippen molar-refractivity contribution in [2.75, 3.05) is 26.3 Å². The maximum absolute atomic E-state index is 10.6. The fourth-order valence-electron chi connectivity index (χ4n) is 1.02. The minimum atomic E-state index is -3.52. The molecule has 0 saturated carbocycles. The van der Waals surface area contributed by atoms with Crippen molar-refractivity contribution >= 4 is 36.2 Å². The van der Waals surface area contributed by atoms with E-state index in [2.05, 4.69) is 41.6 Å². The molecule has 0 fully saturated rings. The lowest BCUT2D eigenvalue weighted by Gasteiger charge is -2.06. The van der Waals surface area contributed by atoms with Gasteiger partial charge in [0, 0.05) is 41.0 Å². The number of aromatic nitrogens is 1. The van der Waals surface area contributed by atoms with Gasteiger partial charge >= 0.3 is 0 Å². The monoisotopic (exact) mass is 356 g/mol. The summed E-state index contributed by atoms with van der Waals surface area (Å²) in [6.45, 7) is 1.52. The van der Waals surface area contributed by atoms with Crippen LogP contribution in [-0.2, 0) is 24.4 Å². The Balaban J connectivity index is 2.04. The number of rotatable bonds is 8. The molecule has 0 aliphatic heterocycles.